The molecule has 2 aromatic carbocycles. The first-order valence-electron chi connectivity index (χ1n) is 10.8. The lowest BCUT2D eigenvalue weighted by molar-refractivity contribution is -0.113. The summed E-state index contributed by atoms with van der Waals surface area (Å²) in [4.78, 5) is 30.1. The highest BCUT2D eigenvalue weighted by molar-refractivity contribution is 7.99. The number of nitrogens with zero attached hydrogens (tertiary/aromatic N) is 4. The van der Waals surface area contributed by atoms with Gasteiger partial charge in [0, 0.05) is 25.1 Å². The van der Waals surface area contributed by atoms with Crippen molar-refractivity contribution < 1.29 is 4.79 Å². The molecule has 0 saturated carbocycles. The van der Waals surface area contributed by atoms with Crippen LogP contribution in [0, 0.1) is 6.92 Å². The molecule has 0 radical (unpaired) electrons. The fraction of sp³-hybridized carbons (Fsp3) is 0.240. The minimum atomic E-state index is -0.258. The van der Waals surface area contributed by atoms with Gasteiger partial charge in [-0.3, -0.25) is 18.8 Å². The molecule has 1 N–H and O–H groups in total. The molecule has 0 saturated heterocycles. The van der Waals surface area contributed by atoms with Gasteiger partial charge in [0.1, 0.15) is 5.69 Å². The van der Waals surface area contributed by atoms with Gasteiger partial charge in [-0.15, -0.1) is 0 Å². The number of carbonyl (C=O) groups excluding carboxylic acids is 1. The Morgan fingerprint density at radius 3 is 2.42 bits per heavy atom. The van der Waals surface area contributed by atoms with E-state index >= 15 is 0 Å². The molecule has 1 amide bonds. The largest absolute Gasteiger partial charge is 0.319 e. The number of carbonyl (C=O) groups is 1. The van der Waals surface area contributed by atoms with Crippen LogP contribution in [0.25, 0.3) is 11.4 Å². The summed E-state index contributed by atoms with van der Waals surface area (Å²) in [6.07, 6.45) is 3.60. The van der Waals surface area contributed by atoms with Crippen LogP contribution in [0.15, 0.2) is 76.9 Å². The Kier molecular flexibility index (Phi) is 6.55. The Morgan fingerprint density at radius 1 is 1.06 bits per heavy atom. The van der Waals surface area contributed by atoms with Crippen molar-refractivity contribution in [1.29, 1.82) is 0 Å². The molecule has 0 fully saturated rings. The van der Waals surface area contributed by atoms with Crippen molar-refractivity contribution in [2.24, 2.45) is 7.05 Å². The standard InChI is InChI=1S/C25H27N5O2S/c1-17(2)19-10-12-20(13-11-19)29-15-14-26-25(29)33-16-22(31)27-23-18(3)28(4)30(24(23)32)21-8-6-5-7-9-21/h5-15,17H,16H2,1-4H3,(H,27,31). The molecule has 0 aliphatic carbocycles. The monoisotopic (exact) mass is 461 g/mol. The Labute approximate surface area is 197 Å². The Balaban J connectivity index is 1.48. The first kappa shape index (κ1) is 22.7. The van der Waals surface area contributed by atoms with Gasteiger partial charge in [0.05, 0.1) is 17.1 Å². The summed E-state index contributed by atoms with van der Waals surface area (Å²) in [6.45, 7) is 6.14. The van der Waals surface area contributed by atoms with E-state index in [1.165, 1.54) is 17.3 Å². The number of imidazole rings is 1. The minimum Gasteiger partial charge on any atom is -0.319 e. The fourth-order valence-electron chi connectivity index (χ4n) is 3.63. The van der Waals surface area contributed by atoms with Crippen LogP contribution in [-0.2, 0) is 11.8 Å². The van der Waals surface area contributed by atoms with Crippen molar-refractivity contribution in [3.05, 3.63) is 88.6 Å². The third-order valence-electron chi connectivity index (χ3n) is 5.60. The molecule has 0 aliphatic rings. The third-order valence-corrected chi connectivity index (χ3v) is 6.56. The number of nitrogens with one attached hydrogen (secondary N) is 1. The van der Waals surface area contributed by atoms with E-state index < -0.39 is 0 Å². The second-order valence-corrected chi connectivity index (χ2v) is 9.04. The van der Waals surface area contributed by atoms with Crippen LogP contribution >= 0.6 is 11.8 Å². The molecule has 170 valence electrons. The molecule has 2 aromatic heterocycles. The average Bonchev–Trinajstić information content (AvgIpc) is 3.37. The number of benzene rings is 2. The number of anilines is 1. The van der Waals surface area contributed by atoms with Crippen LogP contribution in [0.2, 0.25) is 0 Å². The summed E-state index contributed by atoms with van der Waals surface area (Å²) in [7, 11) is 1.80. The van der Waals surface area contributed by atoms with Gasteiger partial charge in [-0.25, -0.2) is 9.67 Å². The molecule has 33 heavy (non-hydrogen) atoms. The molecule has 0 unspecified atom stereocenters. The molecular weight excluding hydrogens is 434 g/mol. The zero-order chi connectivity index (χ0) is 23.5. The number of thioether (sulfide) groups is 1. The van der Waals surface area contributed by atoms with Gasteiger partial charge in [-0.2, -0.15) is 0 Å². The number of para-hydroxylation sites is 1. The quantitative estimate of drug-likeness (QED) is 0.411. The zero-order valence-corrected chi connectivity index (χ0v) is 20.0. The Morgan fingerprint density at radius 2 is 1.76 bits per heavy atom. The molecule has 4 aromatic rings. The zero-order valence-electron chi connectivity index (χ0n) is 19.1. The van der Waals surface area contributed by atoms with Gasteiger partial charge < -0.3 is 5.32 Å². The van der Waals surface area contributed by atoms with Crippen molar-refractivity contribution in [2.75, 3.05) is 11.1 Å². The van der Waals surface area contributed by atoms with Gasteiger partial charge in [0.2, 0.25) is 5.91 Å². The summed E-state index contributed by atoms with van der Waals surface area (Å²) in [6, 6.07) is 17.7. The van der Waals surface area contributed by atoms with E-state index in [0.717, 1.165) is 11.4 Å². The fourth-order valence-corrected chi connectivity index (χ4v) is 4.40. The van der Waals surface area contributed by atoms with Gasteiger partial charge in [0.25, 0.3) is 5.56 Å². The highest BCUT2D eigenvalue weighted by Crippen LogP contribution is 2.23. The van der Waals surface area contributed by atoms with Gasteiger partial charge in [-0.05, 0) is 42.7 Å². The maximum Gasteiger partial charge on any atom is 0.295 e. The minimum absolute atomic E-state index is 0.139. The van der Waals surface area contributed by atoms with Crippen molar-refractivity contribution in [3.8, 4) is 11.4 Å². The van der Waals surface area contributed by atoms with Crippen molar-refractivity contribution >= 4 is 23.4 Å². The normalized spacial score (nSPS) is 11.2. The van der Waals surface area contributed by atoms with E-state index in [-0.39, 0.29) is 17.2 Å². The van der Waals surface area contributed by atoms with E-state index in [9.17, 15) is 9.59 Å². The Hall–Kier alpha value is -3.52. The summed E-state index contributed by atoms with van der Waals surface area (Å²) < 4.78 is 5.25. The lowest BCUT2D eigenvalue weighted by Crippen LogP contribution is -2.23. The van der Waals surface area contributed by atoms with Crippen LogP contribution in [0.3, 0.4) is 0 Å². The highest BCUT2D eigenvalue weighted by atomic mass is 32.2. The van der Waals surface area contributed by atoms with Crippen molar-refractivity contribution in [1.82, 2.24) is 18.9 Å². The lowest BCUT2D eigenvalue weighted by Gasteiger charge is -2.10. The summed E-state index contributed by atoms with van der Waals surface area (Å²) in [5.74, 6) is 0.350. The predicted octanol–water partition coefficient (Wildman–Crippen LogP) is 4.52. The van der Waals surface area contributed by atoms with E-state index in [2.05, 4.69) is 48.4 Å². The maximum atomic E-state index is 13.0. The smallest absolute Gasteiger partial charge is 0.295 e. The molecule has 8 heteroatoms. The van der Waals surface area contributed by atoms with Crippen LogP contribution < -0.4 is 10.9 Å². The third kappa shape index (κ3) is 4.66. The summed E-state index contributed by atoms with van der Waals surface area (Å²) >= 11 is 1.33. The van der Waals surface area contributed by atoms with E-state index in [4.69, 9.17) is 0 Å². The van der Waals surface area contributed by atoms with E-state index in [0.29, 0.717) is 22.5 Å². The summed E-state index contributed by atoms with van der Waals surface area (Å²) in [5.41, 5.74) is 3.73. The van der Waals surface area contributed by atoms with Gasteiger partial charge in [-0.1, -0.05) is 55.9 Å². The number of hydrogen-bond acceptors (Lipinski definition) is 4. The first-order valence-corrected chi connectivity index (χ1v) is 11.8. The van der Waals surface area contributed by atoms with E-state index in [1.54, 1.807) is 22.6 Å². The van der Waals surface area contributed by atoms with Gasteiger partial charge in [0.15, 0.2) is 5.16 Å². The van der Waals surface area contributed by atoms with Crippen molar-refractivity contribution in [3.63, 3.8) is 0 Å². The molecule has 0 atom stereocenters. The van der Waals surface area contributed by atoms with Crippen molar-refractivity contribution in [2.45, 2.75) is 31.8 Å². The highest BCUT2D eigenvalue weighted by Gasteiger charge is 2.18. The second-order valence-electron chi connectivity index (χ2n) is 8.10. The number of aromatic nitrogens is 4. The molecule has 2 heterocycles. The Bertz CT molecular complexity index is 1320. The van der Waals surface area contributed by atoms with Gasteiger partial charge >= 0.3 is 0 Å². The molecule has 4 rings (SSSR count). The SMILES string of the molecule is Cc1c(NC(=O)CSc2nccn2-c2ccc(C(C)C)cc2)c(=O)n(-c2ccccc2)n1C. The number of hydrogen-bond donors (Lipinski definition) is 1. The maximum absolute atomic E-state index is 13.0. The van der Waals surface area contributed by atoms with Crippen LogP contribution in [-0.4, -0.2) is 30.6 Å². The molecule has 0 aliphatic heterocycles. The van der Waals surface area contributed by atoms with Crippen LogP contribution in [0.5, 0.6) is 0 Å². The average molecular weight is 462 g/mol. The predicted molar refractivity (Wildman–Crippen MR) is 133 cm³/mol. The van der Waals surface area contributed by atoms with Crippen LogP contribution in [0.1, 0.15) is 31.0 Å². The first-order chi connectivity index (χ1) is 15.9. The number of amides is 1. The molecule has 0 spiro atoms. The number of rotatable bonds is 7. The second kappa shape index (κ2) is 9.54. The topological polar surface area (TPSA) is 73.8 Å². The lowest BCUT2D eigenvalue weighted by atomic mass is 10.0. The van der Waals surface area contributed by atoms with Crippen LogP contribution in [0.4, 0.5) is 5.69 Å². The van der Waals surface area contributed by atoms with E-state index in [1.807, 2.05) is 48.0 Å². The molecular formula is C25H27N5O2S. The molecule has 7 nitrogen and oxygen atoms in total. The molecule has 0 bridgehead atoms. The summed E-state index contributed by atoms with van der Waals surface area (Å²) in [5, 5.41) is 3.52.